The van der Waals surface area contributed by atoms with Crippen LogP contribution in [0.15, 0.2) is 97.1 Å². The first kappa shape index (κ1) is 55.1. The Bertz CT molecular complexity index is 2200. The Kier molecular flexibility index (Phi) is 15.7. The fraction of sp³-hybridized carbons (Fsp3) is 0.516. The third-order valence-corrected chi connectivity index (χ3v) is 15.5. The first-order valence-corrected chi connectivity index (χ1v) is 27.1. The van der Waals surface area contributed by atoms with Crippen molar-refractivity contribution < 1.29 is 18.1 Å². The minimum Gasteiger partial charge on any atom is -0.435 e. The number of benzene rings is 5. The zero-order valence-corrected chi connectivity index (χ0v) is 48.6. The molecular formula is C62H88O4P2. The molecule has 0 unspecified atom stereocenters. The molecule has 0 spiro atoms. The van der Waals surface area contributed by atoms with Crippen molar-refractivity contribution in [2.75, 3.05) is 0 Å². The van der Waals surface area contributed by atoms with Crippen LogP contribution in [0.2, 0.25) is 0 Å². The van der Waals surface area contributed by atoms with E-state index in [9.17, 15) is 0 Å². The summed E-state index contributed by atoms with van der Waals surface area (Å²) < 4.78 is 29.0. The van der Waals surface area contributed by atoms with E-state index < -0.39 is 16.8 Å². The Morgan fingerprint density at radius 3 is 0.559 bits per heavy atom. The first-order valence-electron chi connectivity index (χ1n) is 24.8. The lowest BCUT2D eigenvalue weighted by Crippen LogP contribution is -2.21. The van der Waals surface area contributed by atoms with Crippen molar-refractivity contribution in [2.45, 2.75) is 209 Å². The molecule has 0 N–H and O–H groups in total. The SMILES string of the molecule is CC(C)(C)c1ccc(OP(Oc2ccc(C(C)(C)C)cc2C(C)(C)C)c2ccc(P(Oc3ccc(C(C)(C)C)cc3C(C)(C)C)Oc3ccc(C(C)(C)C)cc3C(C)(C)C)cc2)c(C(C)(C)C)c1. The molecule has 0 fully saturated rings. The van der Waals surface area contributed by atoms with Gasteiger partial charge in [0.2, 0.25) is 0 Å². The molecule has 6 heteroatoms. The minimum atomic E-state index is -1.68. The molecule has 68 heavy (non-hydrogen) atoms. The molecule has 0 saturated heterocycles. The maximum Gasteiger partial charge on any atom is 0.326 e. The highest BCUT2D eigenvalue weighted by Gasteiger charge is 2.33. The molecule has 4 nitrogen and oxygen atoms in total. The largest absolute Gasteiger partial charge is 0.435 e. The zero-order chi connectivity index (χ0) is 51.4. The maximum atomic E-state index is 7.26. The predicted octanol–water partition coefficient (Wildman–Crippen LogP) is 18.3. The molecule has 0 aromatic heterocycles. The first-order chi connectivity index (χ1) is 30.7. The quantitative estimate of drug-likeness (QED) is 0.131. The van der Waals surface area contributed by atoms with E-state index in [4.69, 9.17) is 18.1 Å². The summed E-state index contributed by atoms with van der Waals surface area (Å²) in [5.74, 6) is 3.33. The molecule has 0 bridgehead atoms. The Morgan fingerprint density at radius 2 is 0.412 bits per heavy atom. The molecule has 0 aliphatic carbocycles. The van der Waals surface area contributed by atoms with Crippen molar-refractivity contribution in [2.24, 2.45) is 0 Å². The zero-order valence-electron chi connectivity index (χ0n) is 46.8. The van der Waals surface area contributed by atoms with Gasteiger partial charge in [-0.15, -0.1) is 0 Å². The summed E-state index contributed by atoms with van der Waals surface area (Å²) in [5, 5.41) is 1.90. The van der Waals surface area contributed by atoms with E-state index in [0.29, 0.717) is 0 Å². The van der Waals surface area contributed by atoms with E-state index in [1.165, 1.54) is 22.3 Å². The molecule has 0 atom stereocenters. The van der Waals surface area contributed by atoms with E-state index in [0.717, 1.165) is 55.9 Å². The molecular weight excluding hydrogens is 871 g/mol. The van der Waals surface area contributed by atoms with Crippen molar-refractivity contribution in [3.8, 4) is 23.0 Å². The van der Waals surface area contributed by atoms with Crippen LogP contribution in [0.4, 0.5) is 0 Å². The van der Waals surface area contributed by atoms with Gasteiger partial charge in [0.05, 0.1) is 10.6 Å². The monoisotopic (exact) mass is 959 g/mol. The van der Waals surface area contributed by atoms with Crippen LogP contribution in [-0.4, -0.2) is 0 Å². The van der Waals surface area contributed by atoms with E-state index in [2.05, 4.69) is 263 Å². The fourth-order valence-electron chi connectivity index (χ4n) is 7.95. The van der Waals surface area contributed by atoms with Gasteiger partial charge >= 0.3 is 16.8 Å². The number of rotatable bonds is 10. The average Bonchev–Trinajstić information content (AvgIpc) is 3.17. The van der Waals surface area contributed by atoms with E-state index in [1.807, 2.05) is 0 Å². The van der Waals surface area contributed by atoms with Crippen LogP contribution in [0.25, 0.3) is 0 Å². The second kappa shape index (κ2) is 19.4. The van der Waals surface area contributed by atoms with Gasteiger partial charge in [-0.3, -0.25) is 0 Å². The Morgan fingerprint density at radius 1 is 0.235 bits per heavy atom. The lowest BCUT2D eigenvalue weighted by atomic mass is 9.80. The van der Waals surface area contributed by atoms with Gasteiger partial charge in [0.25, 0.3) is 0 Å². The van der Waals surface area contributed by atoms with Gasteiger partial charge in [-0.1, -0.05) is 215 Å². The molecule has 0 aliphatic heterocycles. The van der Waals surface area contributed by atoms with E-state index in [1.54, 1.807) is 0 Å². The van der Waals surface area contributed by atoms with Crippen molar-refractivity contribution in [3.63, 3.8) is 0 Å². The van der Waals surface area contributed by atoms with Gasteiger partial charge in [0.15, 0.2) is 0 Å². The van der Waals surface area contributed by atoms with Gasteiger partial charge in [0, 0.05) is 22.3 Å². The van der Waals surface area contributed by atoms with Crippen LogP contribution in [0, 0.1) is 0 Å². The minimum absolute atomic E-state index is 0.0148. The predicted molar refractivity (Wildman–Crippen MR) is 297 cm³/mol. The van der Waals surface area contributed by atoms with Crippen LogP contribution in [0.3, 0.4) is 0 Å². The summed E-state index contributed by atoms with van der Waals surface area (Å²) in [4.78, 5) is 0. The third-order valence-electron chi connectivity index (χ3n) is 12.6. The summed E-state index contributed by atoms with van der Waals surface area (Å²) in [5.41, 5.74) is 8.95. The second-order valence-corrected chi connectivity index (χ2v) is 30.0. The van der Waals surface area contributed by atoms with Gasteiger partial charge in [0.1, 0.15) is 23.0 Å². The molecule has 5 rings (SSSR count). The summed E-state index contributed by atoms with van der Waals surface area (Å²) in [7, 11) is -3.37. The van der Waals surface area contributed by atoms with Gasteiger partial charge < -0.3 is 18.1 Å². The normalized spacial score (nSPS) is 13.6. The molecule has 0 saturated carbocycles. The lowest BCUT2D eigenvalue weighted by Gasteiger charge is -2.31. The van der Waals surface area contributed by atoms with Crippen molar-refractivity contribution in [1.29, 1.82) is 0 Å². The Hall–Kier alpha value is -3.84. The summed E-state index contributed by atoms with van der Waals surface area (Å²) in [6.45, 7) is 54.3. The molecule has 5 aromatic carbocycles. The molecule has 0 radical (unpaired) electrons. The summed E-state index contributed by atoms with van der Waals surface area (Å²) in [6, 6.07) is 35.4. The molecule has 370 valence electrons. The second-order valence-electron chi connectivity index (χ2n) is 27.2. The number of hydrogen-bond acceptors (Lipinski definition) is 4. The standard InChI is InChI=1S/C62H88O4P2/c1-55(2,3)41-25-33-51(47(37-41)59(13,14)15)63-67(64-52-34-26-42(56(4,5)6)38-48(52)60(16,17)18)45-29-31-46(32-30-45)68(65-53-35-27-43(57(7,8)9)39-49(53)61(19,20)21)66-54-36-28-44(58(10,11)12)40-50(54)62(22,23)24/h25-40H,1-24H3. The van der Waals surface area contributed by atoms with Crippen LogP contribution in [0.1, 0.15) is 211 Å². The topological polar surface area (TPSA) is 36.9 Å². The van der Waals surface area contributed by atoms with Crippen molar-refractivity contribution in [1.82, 2.24) is 0 Å². The van der Waals surface area contributed by atoms with E-state index >= 15 is 0 Å². The highest BCUT2D eigenvalue weighted by molar-refractivity contribution is 7.57. The fourth-order valence-corrected chi connectivity index (χ4v) is 10.6. The summed E-state index contributed by atoms with van der Waals surface area (Å²) in [6.07, 6.45) is 0. The van der Waals surface area contributed by atoms with Gasteiger partial charge in [-0.25, -0.2) is 0 Å². The Labute approximate surface area is 417 Å². The molecule has 0 aliphatic rings. The van der Waals surface area contributed by atoms with Gasteiger partial charge in [-0.2, -0.15) is 0 Å². The van der Waals surface area contributed by atoms with Crippen molar-refractivity contribution in [3.05, 3.63) is 142 Å². The highest BCUT2D eigenvalue weighted by atomic mass is 31.2. The Balaban J connectivity index is 1.72. The lowest BCUT2D eigenvalue weighted by molar-refractivity contribution is 0.464. The van der Waals surface area contributed by atoms with Crippen LogP contribution in [-0.2, 0) is 43.3 Å². The summed E-state index contributed by atoms with van der Waals surface area (Å²) >= 11 is 0. The van der Waals surface area contributed by atoms with Crippen LogP contribution >= 0.6 is 16.8 Å². The van der Waals surface area contributed by atoms with Crippen LogP contribution < -0.4 is 28.7 Å². The molecule has 0 heterocycles. The van der Waals surface area contributed by atoms with Crippen molar-refractivity contribution >= 4 is 27.4 Å². The third kappa shape index (κ3) is 13.7. The van der Waals surface area contributed by atoms with E-state index in [-0.39, 0.29) is 43.3 Å². The number of hydrogen-bond donors (Lipinski definition) is 0. The smallest absolute Gasteiger partial charge is 0.326 e. The maximum absolute atomic E-state index is 7.26. The highest BCUT2D eigenvalue weighted by Crippen LogP contribution is 2.50. The molecule has 5 aromatic rings. The average molecular weight is 959 g/mol. The van der Waals surface area contributed by atoms with Crippen LogP contribution in [0.5, 0.6) is 23.0 Å². The van der Waals surface area contributed by atoms with Gasteiger partial charge in [-0.05, 0) is 114 Å². The molecule has 0 amide bonds.